The highest BCUT2D eigenvalue weighted by atomic mass is 14.8. The van der Waals surface area contributed by atoms with Crippen LogP contribution in [0.2, 0.25) is 0 Å². The lowest BCUT2D eigenvalue weighted by atomic mass is 10.5. The standard InChI is InChI=1S/C7H10N2/c1-2-5-9-7-3-6-8-4-1/h1-6,8-9H,7H2/b4-1?,5-2?,6-3-. The fourth-order valence-corrected chi connectivity index (χ4v) is 0.553. The third-order valence-electron chi connectivity index (χ3n) is 0.967. The zero-order valence-corrected chi connectivity index (χ0v) is 5.17. The molecule has 48 valence electrons. The van der Waals surface area contributed by atoms with Gasteiger partial charge >= 0.3 is 0 Å². The van der Waals surface area contributed by atoms with Gasteiger partial charge in [0.05, 0.1) is 0 Å². The van der Waals surface area contributed by atoms with Gasteiger partial charge in [0.15, 0.2) is 0 Å². The molecule has 1 aliphatic heterocycles. The maximum absolute atomic E-state index is 3.07. The number of nitrogens with one attached hydrogen (secondary N) is 2. The lowest BCUT2D eigenvalue weighted by molar-refractivity contribution is 0.980. The summed E-state index contributed by atoms with van der Waals surface area (Å²) >= 11 is 0. The van der Waals surface area contributed by atoms with Crippen LogP contribution in [0.5, 0.6) is 0 Å². The highest BCUT2D eigenvalue weighted by Crippen LogP contribution is 1.76. The van der Waals surface area contributed by atoms with E-state index in [4.69, 9.17) is 0 Å². The topological polar surface area (TPSA) is 24.1 Å². The second kappa shape index (κ2) is 3.78. The quantitative estimate of drug-likeness (QED) is 0.494. The predicted molar refractivity (Wildman–Crippen MR) is 38.6 cm³/mol. The second-order valence-electron chi connectivity index (χ2n) is 1.70. The molecule has 2 nitrogen and oxygen atoms in total. The first-order chi connectivity index (χ1) is 4.50. The van der Waals surface area contributed by atoms with Gasteiger partial charge in [-0.2, -0.15) is 0 Å². The largest absolute Gasteiger partial charge is 0.387 e. The second-order valence-corrected chi connectivity index (χ2v) is 1.70. The van der Waals surface area contributed by atoms with Crippen molar-refractivity contribution in [2.45, 2.75) is 0 Å². The first kappa shape index (κ1) is 5.95. The molecule has 0 saturated heterocycles. The molecule has 0 atom stereocenters. The van der Waals surface area contributed by atoms with Crippen LogP contribution in [-0.2, 0) is 0 Å². The van der Waals surface area contributed by atoms with Crippen molar-refractivity contribution in [3.8, 4) is 0 Å². The molecule has 0 unspecified atom stereocenters. The maximum atomic E-state index is 3.07. The van der Waals surface area contributed by atoms with Crippen LogP contribution in [-0.4, -0.2) is 6.54 Å². The van der Waals surface area contributed by atoms with Gasteiger partial charge in [0.2, 0.25) is 0 Å². The van der Waals surface area contributed by atoms with Gasteiger partial charge in [-0.25, -0.2) is 0 Å². The first-order valence-corrected chi connectivity index (χ1v) is 2.96. The number of hydrogen-bond donors (Lipinski definition) is 2. The van der Waals surface area contributed by atoms with Crippen molar-refractivity contribution in [2.75, 3.05) is 6.54 Å². The molecule has 0 aromatic heterocycles. The number of hydrogen-bond acceptors (Lipinski definition) is 2. The van der Waals surface area contributed by atoms with Gasteiger partial charge in [-0.05, 0) is 30.6 Å². The minimum Gasteiger partial charge on any atom is -0.387 e. The fourth-order valence-electron chi connectivity index (χ4n) is 0.553. The minimum absolute atomic E-state index is 0.880. The summed E-state index contributed by atoms with van der Waals surface area (Å²) in [5.41, 5.74) is 0. The Balaban J connectivity index is 2.43. The summed E-state index contributed by atoms with van der Waals surface area (Å²) < 4.78 is 0. The Bertz CT molecular complexity index is 145. The smallest absolute Gasteiger partial charge is 0.0342 e. The molecule has 2 heteroatoms. The van der Waals surface area contributed by atoms with Gasteiger partial charge in [0, 0.05) is 12.7 Å². The van der Waals surface area contributed by atoms with E-state index in [9.17, 15) is 0 Å². The molecule has 0 amide bonds. The molecule has 1 heterocycles. The Morgan fingerprint density at radius 2 is 1.89 bits per heavy atom. The van der Waals surface area contributed by atoms with Crippen LogP contribution in [0, 0.1) is 0 Å². The van der Waals surface area contributed by atoms with Crippen molar-refractivity contribution in [2.24, 2.45) is 0 Å². The molecular weight excluding hydrogens is 112 g/mol. The summed E-state index contributed by atoms with van der Waals surface area (Å²) in [6.07, 6.45) is 11.6. The first-order valence-electron chi connectivity index (χ1n) is 2.96. The SMILES string of the molecule is C1=CN/C=C\CNC=C1. The Morgan fingerprint density at radius 1 is 1.00 bits per heavy atom. The van der Waals surface area contributed by atoms with Crippen molar-refractivity contribution < 1.29 is 0 Å². The summed E-state index contributed by atoms with van der Waals surface area (Å²) in [6.45, 7) is 0.880. The van der Waals surface area contributed by atoms with E-state index in [-0.39, 0.29) is 0 Å². The number of allylic oxidation sites excluding steroid dienone is 2. The van der Waals surface area contributed by atoms with Crippen molar-refractivity contribution in [3.63, 3.8) is 0 Å². The van der Waals surface area contributed by atoms with Crippen molar-refractivity contribution in [3.05, 3.63) is 36.8 Å². The molecule has 0 aliphatic carbocycles. The molecule has 9 heavy (non-hydrogen) atoms. The lowest BCUT2D eigenvalue weighted by Gasteiger charge is -1.89. The van der Waals surface area contributed by atoms with E-state index < -0.39 is 0 Å². The average Bonchev–Trinajstić information content (AvgIpc) is 2.00. The van der Waals surface area contributed by atoms with Gasteiger partial charge in [0.1, 0.15) is 0 Å². The normalized spacial score (nSPS) is 20.4. The summed E-state index contributed by atoms with van der Waals surface area (Å²) in [4.78, 5) is 0. The molecule has 0 aromatic rings. The van der Waals surface area contributed by atoms with Crippen molar-refractivity contribution in [1.29, 1.82) is 0 Å². The van der Waals surface area contributed by atoms with E-state index in [1.807, 2.05) is 36.8 Å². The highest BCUT2D eigenvalue weighted by Gasteiger charge is 1.73. The zero-order valence-electron chi connectivity index (χ0n) is 5.17. The molecule has 0 spiro atoms. The van der Waals surface area contributed by atoms with Crippen molar-refractivity contribution >= 4 is 0 Å². The highest BCUT2D eigenvalue weighted by molar-refractivity contribution is 5.04. The van der Waals surface area contributed by atoms with Gasteiger partial charge in [0.25, 0.3) is 0 Å². The summed E-state index contributed by atoms with van der Waals surface area (Å²) in [7, 11) is 0. The summed E-state index contributed by atoms with van der Waals surface area (Å²) in [5.74, 6) is 0. The van der Waals surface area contributed by atoms with Crippen LogP contribution < -0.4 is 10.6 Å². The minimum atomic E-state index is 0.880. The van der Waals surface area contributed by atoms with E-state index in [1.165, 1.54) is 0 Å². The summed E-state index contributed by atoms with van der Waals surface area (Å²) in [5, 5.41) is 6.04. The molecule has 1 aliphatic rings. The summed E-state index contributed by atoms with van der Waals surface area (Å²) in [6, 6.07) is 0. The Morgan fingerprint density at radius 3 is 2.89 bits per heavy atom. The van der Waals surface area contributed by atoms with Crippen molar-refractivity contribution in [1.82, 2.24) is 10.6 Å². The van der Waals surface area contributed by atoms with Crippen LogP contribution >= 0.6 is 0 Å². The molecule has 1 rings (SSSR count). The van der Waals surface area contributed by atoms with E-state index in [1.54, 1.807) is 0 Å². The molecule has 0 radical (unpaired) electrons. The Kier molecular flexibility index (Phi) is 2.50. The van der Waals surface area contributed by atoms with E-state index in [2.05, 4.69) is 10.6 Å². The lowest BCUT2D eigenvalue weighted by Crippen LogP contribution is -2.03. The van der Waals surface area contributed by atoms with Crippen LogP contribution in [0.1, 0.15) is 0 Å². The monoisotopic (exact) mass is 122 g/mol. The molecule has 0 bridgehead atoms. The Hall–Kier alpha value is -1.18. The average molecular weight is 122 g/mol. The third-order valence-corrected chi connectivity index (χ3v) is 0.967. The van der Waals surface area contributed by atoms with Gasteiger partial charge < -0.3 is 10.6 Å². The zero-order chi connectivity index (χ0) is 6.36. The molecule has 2 N–H and O–H groups in total. The Labute approximate surface area is 55.0 Å². The van der Waals surface area contributed by atoms with Crippen LogP contribution in [0.25, 0.3) is 0 Å². The van der Waals surface area contributed by atoms with Crippen LogP contribution in [0.3, 0.4) is 0 Å². The van der Waals surface area contributed by atoms with Crippen LogP contribution in [0.4, 0.5) is 0 Å². The van der Waals surface area contributed by atoms with Gasteiger partial charge in [-0.15, -0.1) is 0 Å². The molecule has 0 aromatic carbocycles. The van der Waals surface area contributed by atoms with Gasteiger partial charge in [-0.3, -0.25) is 0 Å². The molecule has 0 saturated carbocycles. The van der Waals surface area contributed by atoms with E-state index in [0.29, 0.717) is 0 Å². The van der Waals surface area contributed by atoms with Crippen LogP contribution in [0.15, 0.2) is 36.8 Å². The van der Waals surface area contributed by atoms with E-state index >= 15 is 0 Å². The molecular formula is C7H10N2. The van der Waals surface area contributed by atoms with E-state index in [0.717, 1.165) is 6.54 Å². The maximum Gasteiger partial charge on any atom is 0.0342 e. The molecule has 0 fully saturated rings. The third kappa shape index (κ3) is 2.59. The van der Waals surface area contributed by atoms with Gasteiger partial charge in [-0.1, -0.05) is 0 Å². The fraction of sp³-hybridized carbons (Fsp3) is 0.143. The number of rotatable bonds is 0. The predicted octanol–water partition coefficient (Wildman–Crippen LogP) is 0.720.